The van der Waals surface area contributed by atoms with Crippen LogP contribution in [0.1, 0.15) is 54.6 Å². The number of furan rings is 1. The van der Waals surface area contributed by atoms with Gasteiger partial charge in [-0.05, 0) is 74.7 Å². The Hall–Kier alpha value is -1.98. The molecule has 2 N–H and O–H groups in total. The van der Waals surface area contributed by atoms with Crippen molar-refractivity contribution >= 4 is 11.9 Å². The van der Waals surface area contributed by atoms with Crippen molar-refractivity contribution in [3.05, 3.63) is 23.7 Å². The van der Waals surface area contributed by atoms with Crippen molar-refractivity contribution in [1.82, 2.24) is 15.8 Å². The summed E-state index contributed by atoms with van der Waals surface area (Å²) in [5.74, 6) is 2.78. The molecule has 6 nitrogen and oxygen atoms in total. The molecule has 1 aromatic heterocycles. The Morgan fingerprint density at radius 2 is 1.76 bits per heavy atom. The molecule has 3 amide bonds. The highest BCUT2D eigenvalue weighted by atomic mass is 16.3. The highest BCUT2D eigenvalue weighted by Crippen LogP contribution is 2.60. The molecule has 0 aromatic carbocycles. The maximum atomic E-state index is 12.4. The third-order valence-electron chi connectivity index (χ3n) is 6.47. The van der Waals surface area contributed by atoms with E-state index in [2.05, 4.69) is 10.9 Å². The van der Waals surface area contributed by atoms with Crippen LogP contribution in [0.3, 0.4) is 0 Å². The molecule has 4 aliphatic rings. The van der Waals surface area contributed by atoms with Crippen LogP contribution in [-0.4, -0.2) is 30.4 Å². The van der Waals surface area contributed by atoms with E-state index in [1.165, 1.54) is 44.8 Å². The minimum atomic E-state index is -0.359. The van der Waals surface area contributed by atoms with Gasteiger partial charge in [-0.2, -0.15) is 0 Å². The topological polar surface area (TPSA) is 74.6 Å². The zero-order valence-corrected chi connectivity index (χ0v) is 15.0. The maximum absolute atomic E-state index is 12.4. The first-order valence-corrected chi connectivity index (χ1v) is 9.30. The Morgan fingerprint density at radius 3 is 2.28 bits per heavy atom. The average molecular weight is 345 g/mol. The highest BCUT2D eigenvalue weighted by molar-refractivity contribution is 5.96. The van der Waals surface area contributed by atoms with Gasteiger partial charge in [0.05, 0.1) is 11.8 Å². The number of nitrogens with one attached hydrogen (secondary N) is 2. The van der Waals surface area contributed by atoms with Gasteiger partial charge in [0.15, 0.2) is 0 Å². The molecule has 6 heteroatoms. The number of nitrogens with zero attached hydrogens (tertiary/aromatic N) is 1. The van der Waals surface area contributed by atoms with Crippen molar-refractivity contribution in [2.24, 2.45) is 23.2 Å². The first-order valence-electron chi connectivity index (χ1n) is 9.30. The molecule has 0 saturated heterocycles. The van der Waals surface area contributed by atoms with Crippen LogP contribution >= 0.6 is 0 Å². The van der Waals surface area contributed by atoms with Gasteiger partial charge in [0.25, 0.3) is 5.91 Å². The SMILES string of the molecule is Cc1occc1C(=O)NNC(=O)N(C)CC12CC3CC(CC(C3)C1)C2. The number of rotatable bonds is 3. The van der Waals surface area contributed by atoms with Crippen LogP contribution in [0.5, 0.6) is 0 Å². The maximum Gasteiger partial charge on any atom is 0.335 e. The molecule has 5 rings (SSSR count). The van der Waals surface area contributed by atoms with Crippen LogP contribution in [0, 0.1) is 30.1 Å². The third-order valence-corrected chi connectivity index (χ3v) is 6.47. The lowest BCUT2D eigenvalue weighted by atomic mass is 9.49. The van der Waals surface area contributed by atoms with Crippen LogP contribution in [-0.2, 0) is 0 Å². The molecule has 4 saturated carbocycles. The number of carbonyl (C=O) groups is 2. The minimum absolute atomic E-state index is 0.259. The van der Waals surface area contributed by atoms with Crippen molar-refractivity contribution in [1.29, 1.82) is 0 Å². The number of amides is 3. The second-order valence-electron chi connectivity index (χ2n) is 8.55. The molecule has 0 aliphatic heterocycles. The van der Waals surface area contributed by atoms with E-state index < -0.39 is 0 Å². The van der Waals surface area contributed by atoms with Crippen LogP contribution in [0.2, 0.25) is 0 Å². The van der Waals surface area contributed by atoms with Gasteiger partial charge in [-0.1, -0.05) is 0 Å². The second kappa shape index (κ2) is 6.07. The molecule has 1 aromatic rings. The van der Waals surface area contributed by atoms with E-state index in [1.807, 2.05) is 7.05 Å². The summed E-state index contributed by atoms with van der Waals surface area (Å²) in [6.07, 6.45) is 9.44. The van der Waals surface area contributed by atoms with Gasteiger partial charge in [0.1, 0.15) is 5.76 Å². The van der Waals surface area contributed by atoms with E-state index in [-0.39, 0.29) is 11.9 Å². The Morgan fingerprint density at radius 1 is 1.16 bits per heavy atom. The molecule has 0 unspecified atom stereocenters. The van der Waals surface area contributed by atoms with Gasteiger partial charge < -0.3 is 9.32 Å². The summed E-state index contributed by atoms with van der Waals surface area (Å²) < 4.78 is 5.11. The monoisotopic (exact) mass is 345 g/mol. The summed E-state index contributed by atoms with van der Waals surface area (Å²) in [6.45, 7) is 2.50. The summed E-state index contributed by atoms with van der Waals surface area (Å²) in [5, 5.41) is 0. The van der Waals surface area contributed by atoms with Crippen LogP contribution in [0.4, 0.5) is 4.79 Å². The quantitative estimate of drug-likeness (QED) is 0.827. The van der Waals surface area contributed by atoms with Crippen molar-refractivity contribution in [2.75, 3.05) is 13.6 Å². The van der Waals surface area contributed by atoms with E-state index in [0.717, 1.165) is 24.3 Å². The third kappa shape index (κ3) is 3.14. The van der Waals surface area contributed by atoms with Crippen molar-refractivity contribution in [2.45, 2.75) is 45.4 Å². The lowest BCUT2D eigenvalue weighted by Gasteiger charge is -2.57. The lowest BCUT2D eigenvalue weighted by Crippen LogP contribution is -2.54. The summed E-state index contributed by atoms with van der Waals surface area (Å²) in [5.41, 5.74) is 5.73. The van der Waals surface area contributed by atoms with E-state index in [9.17, 15) is 9.59 Å². The zero-order chi connectivity index (χ0) is 17.6. The van der Waals surface area contributed by atoms with Crippen LogP contribution < -0.4 is 10.9 Å². The van der Waals surface area contributed by atoms with Gasteiger partial charge in [0, 0.05) is 13.6 Å². The fourth-order valence-corrected chi connectivity index (χ4v) is 5.95. The molecule has 136 valence electrons. The molecular formula is C19H27N3O3. The summed E-state index contributed by atoms with van der Waals surface area (Å²) in [4.78, 5) is 26.2. The van der Waals surface area contributed by atoms with Crippen LogP contribution in [0.25, 0.3) is 0 Å². The summed E-state index contributed by atoms with van der Waals surface area (Å²) in [6, 6.07) is 1.33. The molecule has 0 atom stereocenters. The van der Waals surface area contributed by atoms with Gasteiger partial charge in [-0.15, -0.1) is 0 Å². The standard InChI is InChI=1S/C19H27N3O3/c1-12-16(3-4-25-12)17(23)20-21-18(24)22(2)11-19-8-13-5-14(9-19)7-15(6-13)10-19/h3-4,13-15H,5-11H2,1-2H3,(H,20,23)(H,21,24). The lowest BCUT2D eigenvalue weighted by molar-refractivity contribution is -0.0616. The number of aryl methyl sites for hydroxylation is 1. The Kier molecular flexibility index (Phi) is 4.01. The first kappa shape index (κ1) is 16.5. The van der Waals surface area contributed by atoms with E-state index >= 15 is 0 Å². The van der Waals surface area contributed by atoms with Gasteiger partial charge in [-0.3, -0.25) is 10.2 Å². The minimum Gasteiger partial charge on any atom is -0.469 e. The predicted octanol–water partition coefficient (Wildman–Crippen LogP) is 3.09. The molecule has 4 aliphatic carbocycles. The predicted molar refractivity (Wildman–Crippen MR) is 92.7 cm³/mol. The average Bonchev–Trinajstić information content (AvgIpc) is 2.96. The highest BCUT2D eigenvalue weighted by Gasteiger charge is 2.51. The zero-order valence-electron chi connectivity index (χ0n) is 15.0. The molecule has 4 fully saturated rings. The Balaban J connectivity index is 1.32. The molecule has 0 spiro atoms. The van der Waals surface area contributed by atoms with Gasteiger partial charge in [-0.25, -0.2) is 10.2 Å². The number of urea groups is 1. The van der Waals surface area contributed by atoms with Crippen molar-refractivity contribution < 1.29 is 14.0 Å². The fraction of sp³-hybridized carbons (Fsp3) is 0.684. The number of hydrazine groups is 1. The largest absolute Gasteiger partial charge is 0.469 e. The first-order chi connectivity index (χ1) is 11.9. The Labute approximate surface area is 148 Å². The fourth-order valence-electron chi connectivity index (χ4n) is 5.95. The van der Waals surface area contributed by atoms with E-state index in [4.69, 9.17) is 4.42 Å². The molecule has 0 radical (unpaired) electrons. The number of hydrogen-bond donors (Lipinski definition) is 2. The molecular weight excluding hydrogens is 318 g/mol. The second-order valence-corrected chi connectivity index (χ2v) is 8.55. The van der Waals surface area contributed by atoms with E-state index in [0.29, 0.717) is 16.7 Å². The normalized spacial score (nSPS) is 32.5. The van der Waals surface area contributed by atoms with Crippen molar-refractivity contribution in [3.63, 3.8) is 0 Å². The number of carbonyl (C=O) groups excluding carboxylic acids is 2. The summed E-state index contributed by atoms with van der Waals surface area (Å²) in [7, 11) is 1.82. The van der Waals surface area contributed by atoms with Gasteiger partial charge >= 0.3 is 6.03 Å². The molecule has 4 bridgehead atoms. The number of hydrogen-bond acceptors (Lipinski definition) is 3. The molecule has 1 heterocycles. The van der Waals surface area contributed by atoms with Gasteiger partial charge in [0.2, 0.25) is 0 Å². The Bertz CT molecular complexity index is 646. The summed E-state index contributed by atoms with van der Waals surface area (Å²) >= 11 is 0. The van der Waals surface area contributed by atoms with Crippen LogP contribution in [0.15, 0.2) is 16.7 Å². The molecule has 25 heavy (non-hydrogen) atoms. The van der Waals surface area contributed by atoms with E-state index in [1.54, 1.807) is 17.9 Å². The smallest absolute Gasteiger partial charge is 0.335 e. The van der Waals surface area contributed by atoms with Crippen molar-refractivity contribution in [3.8, 4) is 0 Å².